The van der Waals surface area contributed by atoms with Crippen LogP contribution < -0.4 is 10.6 Å². The lowest BCUT2D eigenvalue weighted by Gasteiger charge is -2.09. The van der Waals surface area contributed by atoms with Crippen molar-refractivity contribution in [1.82, 2.24) is 15.2 Å². The summed E-state index contributed by atoms with van der Waals surface area (Å²) in [5.41, 5.74) is 1.14. The van der Waals surface area contributed by atoms with E-state index in [4.69, 9.17) is 16.3 Å². The molecule has 0 saturated heterocycles. The molecule has 20 heavy (non-hydrogen) atoms. The molecule has 0 aliphatic carbocycles. The molecule has 1 aromatic heterocycles. The molecule has 0 atom stereocenters. The van der Waals surface area contributed by atoms with E-state index in [0.29, 0.717) is 31.5 Å². The Hall–Kier alpha value is -1.92. The van der Waals surface area contributed by atoms with E-state index >= 15 is 0 Å². The normalized spacial score (nSPS) is 10.3. The van der Waals surface area contributed by atoms with Gasteiger partial charge in [0.2, 0.25) is 5.95 Å². The van der Waals surface area contributed by atoms with Crippen molar-refractivity contribution in [3.63, 3.8) is 0 Å². The Bertz CT molecular complexity index is 538. The number of nitrogens with zero attached hydrogens (tertiary/aromatic N) is 3. The summed E-state index contributed by atoms with van der Waals surface area (Å²) >= 11 is 5.97. The van der Waals surface area contributed by atoms with Crippen LogP contribution in [0.3, 0.4) is 0 Å². The maximum Gasteiger partial charge on any atom is 0.244 e. The first kappa shape index (κ1) is 14.5. The molecule has 7 heteroatoms. The van der Waals surface area contributed by atoms with Crippen LogP contribution in [-0.4, -0.2) is 35.4 Å². The molecule has 0 aliphatic heterocycles. The molecule has 0 bridgehead atoms. The molecule has 6 nitrogen and oxygen atoms in total. The summed E-state index contributed by atoms with van der Waals surface area (Å²) in [4.78, 5) is 4.28. The van der Waals surface area contributed by atoms with E-state index in [-0.39, 0.29) is 5.15 Å². The number of aromatic nitrogens is 3. The van der Waals surface area contributed by atoms with Gasteiger partial charge in [0, 0.05) is 20.2 Å². The summed E-state index contributed by atoms with van der Waals surface area (Å²) in [6, 6.07) is 9.98. The standard InChI is InChI=1S/C13H16ClN5O/c1-20-8-7-15-13-17-12(11(14)18-19-13)16-9-10-5-3-2-4-6-10/h2-6H,7-9H2,1H3,(H2,15,16,17,19). The fraction of sp³-hybridized carbons (Fsp3) is 0.308. The number of methoxy groups -OCH3 is 1. The first-order chi connectivity index (χ1) is 9.79. The van der Waals surface area contributed by atoms with Gasteiger partial charge in [0.05, 0.1) is 6.61 Å². The monoisotopic (exact) mass is 293 g/mol. The van der Waals surface area contributed by atoms with Crippen LogP contribution in [0.15, 0.2) is 30.3 Å². The molecule has 0 aliphatic rings. The quantitative estimate of drug-likeness (QED) is 0.763. The second-order valence-corrected chi connectivity index (χ2v) is 4.39. The first-order valence-electron chi connectivity index (χ1n) is 6.20. The minimum Gasteiger partial charge on any atom is -0.383 e. The summed E-state index contributed by atoms with van der Waals surface area (Å²) in [5.74, 6) is 0.924. The van der Waals surface area contributed by atoms with Crippen molar-refractivity contribution < 1.29 is 4.74 Å². The van der Waals surface area contributed by atoms with Crippen molar-refractivity contribution in [2.24, 2.45) is 0 Å². The highest BCUT2D eigenvalue weighted by atomic mass is 35.5. The van der Waals surface area contributed by atoms with Crippen LogP contribution in [0.5, 0.6) is 0 Å². The molecule has 0 spiro atoms. The van der Waals surface area contributed by atoms with Crippen molar-refractivity contribution in [2.45, 2.75) is 6.54 Å². The number of anilines is 2. The Balaban J connectivity index is 1.97. The van der Waals surface area contributed by atoms with Crippen molar-refractivity contribution >= 4 is 23.4 Å². The Morgan fingerprint density at radius 1 is 1.15 bits per heavy atom. The fourth-order valence-electron chi connectivity index (χ4n) is 1.55. The van der Waals surface area contributed by atoms with Gasteiger partial charge in [0.25, 0.3) is 0 Å². The minimum absolute atomic E-state index is 0.248. The van der Waals surface area contributed by atoms with Crippen LogP contribution in [0.1, 0.15) is 5.56 Å². The highest BCUT2D eigenvalue weighted by Gasteiger charge is 2.06. The average Bonchev–Trinajstić information content (AvgIpc) is 2.49. The fourth-order valence-corrected chi connectivity index (χ4v) is 1.69. The summed E-state index contributed by atoms with van der Waals surface area (Å²) < 4.78 is 4.94. The molecule has 0 fully saturated rings. The molecule has 0 saturated carbocycles. The van der Waals surface area contributed by atoms with Gasteiger partial charge in [-0.15, -0.1) is 10.2 Å². The van der Waals surface area contributed by atoms with Gasteiger partial charge in [0.1, 0.15) is 0 Å². The zero-order valence-electron chi connectivity index (χ0n) is 11.1. The highest BCUT2D eigenvalue weighted by Crippen LogP contribution is 2.17. The van der Waals surface area contributed by atoms with Gasteiger partial charge in [-0.3, -0.25) is 0 Å². The third-order valence-corrected chi connectivity index (χ3v) is 2.79. The highest BCUT2D eigenvalue weighted by molar-refractivity contribution is 6.31. The molecule has 106 valence electrons. The maximum absolute atomic E-state index is 5.97. The Kier molecular flexibility index (Phi) is 5.52. The van der Waals surface area contributed by atoms with Crippen LogP contribution >= 0.6 is 11.6 Å². The van der Waals surface area contributed by atoms with Crippen LogP contribution in [0.4, 0.5) is 11.8 Å². The topological polar surface area (TPSA) is 72.0 Å². The molecule has 2 N–H and O–H groups in total. The number of halogens is 1. The van der Waals surface area contributed by atoms with E-state index in [0.717, 1.165) is 5.56 Å². The Morgan fingerprint density at radius 2 is 1.95 bits per heavy atom. The van der Waals surface area contributed by atoms with Crippen LogP contribution in [0.25, 0.3) is 0 Å². The molecule has 0 radical (unpaired) electrons. The first-order valence-corrected chi connectivity index (χ1v) is 6.58. The van der Waals surface area contributed by atoms with Gasteiger partial charge < -0.3 is 15.4 Å². The number of rotatable bonds is 7. The van der Waals surface area contributed by atoms with Crippen LogP contribution in [-0.2, 0) is 11.3 Å². The Labute approximate surface area is 122 Å². The second kappa shape index (κ2) is 7.62. The van der Waals surface area contributed by atoms with Crippen molar-refractivity contribution in [3.05, 3.63) is 41.0 Å². The maximum atomic E-state index is 5.97. The summed E-state index contributed by atoms with van der Waals surface area (Å²) in [6.07, 6.45) is 0. The average molecular weight is 294 g/mol. The number of benzene rings is 1. The minimum atomic E-state index is 0.248. The zero-order chi connectivity index (χ0) is 14.2. The predicted octanol–water partition coefficient (Wildman–Crippen LogP) is 2.20. The lowest BCUT2D eigenvalue weighted by Crippen LogP contribution is -2.12. The number of hydrogen-bond acceptors (Lipinski definition) is 6. The van der Waals surface area contributed by atoms with Gasteiger partial charge in [-0.25, -0.2) is 0 Å². The van der Waals surface area contributed by atoms with Crippen molar-refractivity contribution in [3.8, 4) is 0 Å². The number of nitrogens with one attached hydrogen (secondary N) is 2. The molecule has 1 heterocycles. The largest absolute Gasteiger partial charge is 0.383 e. The third-order valence-electron chi connectivity index (χ3n) is 2.54. The smallest absolute Gasteiger partial charge is 0.244 e. The van der Waals surface area contributed by atoms with Crippen molar-refractivity contribution in [2.75, 3.05) is 30.9 Å². The second-order valence-electron chi connectivity index (χ2n) is 4.03. The number of ether oxygens (including phenoxy) is 1. The van der Waals surface area contributed by atoms with E-state index in [9.17, 15) is 0 Å². The molecule has 2 rings (SSSR count). The number of hydrogen-bond donors (Lipinski definition) is 2. The van der Waals surface area contributed by atoms with Gasteiger partial charge in [-0.1, -0.05) is 41.9 Å². The van der Waals surface area contributed by atoms with E-state index in [1.54, 1.807) is 7.11 Å². The van der Waals surface area contributed by atoms with E-state index < -0.39 is 0 Å². The third kappa shape index (κ3) is 4.32. The lowest BCUT2D eigenvalue weighted by molar-refractivity contribution is 0.210. The molecule has 1 aromatic carbocycles. The summed E-state index contributed by atoms with van der Waals surface area (Å²) in [6.45, 7) is 1.80. The summed E-state index contributed by atoms with van der Waals surface area (Å²) in [7, 11) is 1.63. The molecule has 0 unspecified atom stereocenters. The van der Waals surface area contributed by atoms with Gasteiger partial charge in [0.15, 0.2) is 11.0 Å². The molecule has 0 amide bonds. The van der Waals surface area contributed by atoms with E-state index in [1.165, 1.54) is 0 Å². The molecule has 2 aromatic rings. The van der Waals surface area contributed by atoms with Crippen LogP contribution in [0.2, 0.25) is 5.15 Å². The molecular formula is C13H16ClN5O. The molecular weight excluding hydrogens is 278 g/mol. The SMILES string of the molecule is COCCNc1nnc(Cl)c(NCc2ccccc2)n1. The Morgan fingerprint density at radius 3 is 2.70 bits per heavy atom. The van der Waals surface area contributed by atoms with E-state index in [1.807, 2.05) is 30.3 Å². The van der Waals surface area contributed by atoms with Crippen molar-refractivity contribution in [1.29, 1.82) is 0 Å². The predicted molar refractivity (Wildman–Crippen MR) is 79.0 cm³/mol. The van der Waals surface area contributed by atoms with Gasteiger partial charge >= 0.3 is 0 Å². The van der Waals surface area contributed by atoms with Gasteiger partial charge in [-0.05, 0) is 5.56 Å². The van der Waals surface area contributed by atoms with E-state index in [2.05, 4.69) is 25.8 Å². The zero-order valence-corrected chi connectivity index (χ0v) is 11.9. The van der Waals surface area contributed by atoms with Gasteiger partial charge in [-0.2, -0.15) is 4.98 Å². The lowest BCUT2D eigenvalue weighted by atomic mass is 10.2. The summed E-state index contributed by atoms with van der Waals surface area (Å²) in [5, 5.41) is 14.1. The van der Waals surface area contributed by atoms with Crippen LogP contribution in [0, 0.1) is 0 Å².